The fourth-order valence-corrected chi connectivity index (χ4v) is 7.53. The lowest BCUT2D eigenvalue weighted by Gasteiger charge is -2.27. The molecule has 1 aliphatic carbocycles. The third-order valence-electron chi connectivity index (χ3n) is 9.98. The second-order valence-electron chi connectivity index (χ2n) is 13.0. The Morgan fingerprint density at radius 3 is 2.46 bits per heavy atom. The van der Waals surface area contributed by atoms with Crippen LogP contribution in [0.15, 0.2) is 137 Å². The molecule has 0 amide bonds. The van der Waals surface area contributed by atoms with Crippen LogP contribution >= 0.6 is 0 Å². The first-order chi connectivity index (χ1) is 22.5. The Balaban J connectivity index is 1.35. The van der Waals surface area contributed by atoms with E-state index in [9.17, 15) is 0 Å². The van der Waals surface area contributed by atoms with Gasteiger partial charge >= 0.3 is 0 Å². The first-order valence-corrected chi connectivity index (χ1v) is 16.7. The molecule has 1 aromatic heterocycles. The highest BCUT2D eigenvalue weighted by Gasteiger charge is 2.26. The van der Waals surface area contributed by atoms with E-state index >= 15 is 0 Å². The van der Waals surface area contributed by atoms with Gasteiger partial charge in [0.1, 0.15) is 5.58 Å². The molecule has 46 heavy (non-hydrogen) atoms. The second kappa shape index (κ2) is 11.4. The minimum Gasteiger partial charge on any atom is -0.454 e. The Morgan fingerprint density at radius 2 is 1.61 bits per heavy atom. The molecule has 2 heterocycles. The van der Waals surface area contributed by atoms with Crippen molar-refractivity contribution in [3.8, 4) is 22.3 Å². The Labute approximate surface area is 271 Å². The van der Waals surface area contributed by atoms with E-state index in [4.69, 9.17) is 4.42 Å². The first-order valence-electron chi connectivity index (χ1n) is 16.7. The molecule has 2 aliphatic rings. The van der Waals surface area contributed by atoms with E-state index in [2.05, 4.69) is 154 Å². The van der Waals surface area contributed by atoms with E-state index in [1.54, 1.807) is 0 Å². The van der Waals surface area contributed by atoms with Crippen molar-refractivity contribution in [1.82, 2.24) is 0 Å². The second-order valence-corrected chi connectivity index (χ2v) is 13.0. The van der Waals surface area contributed by atoms with Crippen molar-refractivity contribution >= 4 is 44.0 Å². The molecule has 2 bridgehead atoms. The molecule has 0 saturated heterocycles. The number of fused-ring (bicyclic) bond motifs is 9. The van der Waals surface area contributed by atoms with Gasteiger partial charge in [-0.25, -0.2) is 0 Å². The van der Waals surface area contributed by atoms with Gasteiger partial charge in [-0.2, -0.15) is 0 Å². The summed E-state index contributed by atoms with van der Waals surface area (Å²) < 4.78 is 6.76. The number of anilines is 1. The number of allylic oxidation sites excluding steroid dienone is 8. The summed E-state index contributed by atoms with van der Waals surface area (Å²) in [6.45, 7) is 9.17. The zero-order valence-electron chi connectivity index (χ0n) is 27.0. The third kappa shape index (κ3) is 4.72. The Morgan fingerprint density at radius 1 is 0.804 bits per heavy atom. The SMILES string of the molecule is CCCC(C)c1c2cccc1-c1ccc3c(oc4ccc(-c5ccc6ccccc6c5)cc43)c1N/C(C)=C2/C=C1/C=CC=CC1C. The molecule has 8 rings (SSSR count). The van der Waals surface area contributed by atoms with Crippen LogP contribution < -0.4 is 5.32 Å². The van der Waals surface area contributed by atoms with E-state index in [1.165, 1.54) is 55.3 Å². The van der Waals surface area contributed by atoms with E-state index in [0.717, 1.165) is 46.2 Å². The molecule has 2 nitrogen and oxygen atoms in total. The minimum atomic E-state index is 0.363. The number of rotatable bonds is 5. The van der Waals surface area contributed by atoms with Crippen molar-refractivity contribution in [3.05, 3.63) is 144 Å². The summed E-state index contributed by atoms with van der Waals surface area (Å²) in [7, 11) is 0. The fourth-order valence-electron chi connectivity index (χ4n) is 7.53. The largest absolute Gasteiger partial charge is 0.454 e. The molecule has 6 aromatic rings. The standard InChI is InChI=1S/C44H39NO/c1-5-11-28(3)42-35-16-10-17-36(42)39(25-31-14-7-6-12-27(31)2)29(4)45-43-37(35)21-22-38-40-26-34(20-23-41(40)46-44(38)43)33-19-18-30-13-8-9-15-32(30)24-33/h6-10,12-28,45H,5,11H2,1-4H3/b31-25-,39-29-. The molecule has 2 heteroatoms. The van der Waals surface area contributed by atoms with Gasteiger partial charge in [-0.15, -0.1) is 0 Å². The number of nitrogens with one attached hydrogen (secondary N) is 1. The van der Waals surface area contributed by atoms with E-state index in [1.807, 2.05) is 0 Å². The summed E-state index contributed by atoms with van der Waals surface area (Å²) in [5.41, 5.74) is 14.2. The van der Waals surface area contributed by atoms with Crippen molar-refractivity contribution in [2.45, 2.75) is 46.5 Å². The molecule has 2 atom stereocenters. The van der Waals surface area contributed by atoms with Crippen LogP contribution in [0.1, 0.15) is 57.6 Å². The average Bonchev–Trinajstić information content (AvgIpc) is 3.45. The first kappa shape index (κ1) is 28.4. The van der Waals surface area contributed by atoms with E-state index in [-0.39, 0.29) is 0 Å². The maximum absolute atomic E-state index is 6.76. The van der Waals surface area contributed by atoms with Gasteiger partial charge in [-0.05, 0) is 99.7 Å². The van der Waals surface area contributed by atoms with Crippen molar-refractivity contribution in [2.24, 2.45) is 5.92 Å². The minimum absolute atomic E-state index is 0.363. The van der Waals surface area contributed by atoms with Crippen molar-refractivity contribution in [3.63, 3.8) is 0 Å². The van der Waals surface area contributed by atoms with Gasteiger partial charge in [-0.1, -0.05) is 118 Å². The normalized spacial score (nSPS) is 19.0. The Bertz CT molecular complexity index is 2290. The predicted octanol–water partition coefficient (Wildman–Crippen LogP) is 12.8. The van der Waals surface area contributed by atoms with E-state index in [0.29, 0.717) is 11.8 Å². The fraction of sp³-hybridized carbons (Fsp3) is 0.182. The number of furan rings is 1. The van der Waals surface area contributed by atoms with Gasteiger partial charge in [0, 0.05) is 27.6 Å². The topological polar surface area (TPSA) is 25.2 Å². The maximum Gasteiger partial charge on any atom is 0.159 e. The summed E-state index contributed by atoms with van der Waals surface area (Å²) in [5, 5.41) is 8.67. The zero-order valence-corrected chi connectivity index (χ0v) is 27.0. The van der Waals surface area contributed by atoms with Crippen molar-refractivity contribution < 1.29 is 4.42 Å². The van der Waals surface area contributed by atoms with Crippen LogP contribution in [-0.4, -0.2) is 0 Å². The Hall–Kier alpha value is -5.08. The number of benzene rings is 5. The van der Waals surface area contributed by atoms with Crippen LogP contribution in [0.3, 0.4) is 0 Å². The van der Waals surface area contributed by atoms with Crippen LogP contribution in [0.4, 0.5) is 5.69 Å². The van der Waals surface area contributed by atoms with Crippen LogP contribution in [0.25, 0.3) is 60.5 Å². The quantitative estimate of drug-likeness (QED) is 0.214. The van der Waals surface area contributed by atoms with E-state index < -0.39 is 0 Å². The average molecular weight is 598 g/mol. The molecule has 2 unspecified atom stereocenters. The molecule has 0 fully saturated rings. The van der Waals surface area contributed by atoms with Gasteiger partial charge in [0.25, 0.3) is 0 Å². The lowest BCUT2D eigenvalue weighted by molar-refractivity contribution is 0.664. The van der Waals surface area contributed by atoms with Crippen molar-refractivity contribution in [1.29, 1.82) is 0 Å². The zero-order chi connectivity index (χ0) is 31.4. The number of hydrogen-bond donors (Lipinski definition) is 1. The highest BCUT2D eigenvalue weighted by atomic mass is 16.3. The molecular formula is C44H39NO. The molecule has 0 radical (unpaired) electrons. The maximum atomic E-state index is 6.76. The summed E-state index contributed by atoms with van der Waals surface area (Å²) in [4.78, 5) is 0. The monoisotopic (exact) mass is 597 g/mol. The molecule has 1 aliphatic heterocycles. The molecule has 0 spiro atoms. The van der Waals surface area contributed by atoms with Crippen LogP contribution in [0.5, 0.6) is 0 Å². The molecule has 5 aromatic carbocycles. The van der Waals surface area contributed by atoms with Gasteiger partial charge in [0.05, 0.1) is 5.69 Å². The molecule has 226 valence electrons. The number of hydrogen-bond acceptors (Lipinski definition) is 2. The predicted molar refractivity (Wildman–Crippen MR) is 197 cm³/mol. The smallest absolute Gasteiger partial charge is 0.159 e. The third-order valence-corrected chi connectivity index (χ3v) is 9.98. The van der Waals surface area contributed by atoms with Crippen LogP contribution in [0, 0.1) is 5.92 Å². The van der Waals surface area contributed by atoms with Gasteiger partial charge < -0.3 is 9.73 Å². The molecular weight excluding hydrogens is 558 g/mol. The molecule has 1 N–H and O–H groups in total. The highest BCUT2D eigenvalue weighted by Crippen LogP contribution is 2.47. The summed E-state index contributed by atoms with van der Waals surface area (Å²) in [6, 6.07) is 33.3. The Kier molecular flexibility index (Phi) is 7.02. The summed E-state index contributed by atoms with van der Waals surface area (Å²) in [6.07, 6.45) is 13.5. The van der Waals surface area contributed by atoms with Gasteiger partial charge in [0.2, 0.25) is 0 Å². The lowest BCUT2D eigenvalue weighted by atomic mass is 9.80. The van der Waals surface area contributed by atoms with Gasteiger partial charge in [-0.3, -0.25) is 0 Å². The van der Waals surface area contributed by atoms with Crippen molar-refractivity contribution in [2.75, 3.05) is 5.32 Å². The summed E-state index contributed by atoms with van der Waals surface area (Å²) in [5.74, 6) is 0.778. The van der Waals surface area contributed by atoms with Crippen LogP contribution in [0.2, 0.25) is 0 Å². The van der Waals surface area contributed by atoms with Gasteiger partial charge in [0.15, 0.2) is 5.58 Å². The molecule has 0 saturated carbocycles. The summed E-state index contributed by atoms with van der Waals surface area (Å²) >= 11 is 0. The highest BCUT2D eigenvalue weighted by molar-refractivity contribution is 6.13. The van der Waals surface area contributed by atoms with Crippen LogP contribution in [-0.2, 0) is 0 Å². The lowest BCUT2D eigenvalue weighted by Crippen LogP contribution is -2.10.